The molecule has 2 heterocycles. The molecular formula is C23H28N4O4S2. The Morgan fingerprint density at radius 1 is 1.27 bits per heavy atom. The lowest BCUT2D eigenvalue weighted by molar-refractivity contribution is 0.109. The third kappa shape index (κ3) is 5.21. The monoisotopic (exact) mass is 488 g/mol. The van der Waals surface area contributed by atoms with Gasteiger partial charge in [-0.2, -0.15) is 9.57 Å². The summed E-state index contributed by atoms with van der Waals surface area (Å²) in [6.45, 7) is 4.66. The second-order valence-corrected chi connectivity index (χ2v) is 11.8. The van der Waals surface area contributed by atoms with Crippen molar-refractivity contribution in [3.8, 4) is 16.5 Å². The molecule has 1 aromatic heterocycles. The molecular weight excluding hydrogens is 460 g/mol. The minimum absolute atomic E-state index is 0.0960. The van der Waals surface area contributed by atoms with Gasteiger partial charge in [-0.15, -0.1) is 11.3 Å². The smallest absolute Gasteiger partial charge is 0.407 e. The molecule has 1 N–H and O–H groups in total. The lowest BCUT2D eigenvalue weighted by Crippen LogP contribution is -2.42. The Balaban J connectivity index is 1.49. The molecule has 0 unspecified atom stereocenters. The van der Waals surface area contributed by atoms with Crippen molar-refractivity contribution in [1.82, 2.24) is 14.6 Å². The third-order valence-electron chi connectivity index (χ3n) is 6.07. The maximum Gasteiger partial charge on any atom is 0.407 e. The molecule has 0 spiro atoms. The van der Waals surface area contributed by atoms with Crippen LogP contribution in [0.15, 0.2) is 29.3 Å². The van der Waals surface area contributed by atoms with E-state index >= 15 is 0 Å². The molecule has 2 aromatic rings. The van der Waals surface area contributed by atoms with Gasteiger partial charge in [-0.3, -0.25) is 0 Å². The normalized spacial score (nSPS) is 21.3. The summed E-state index contributed by atoms with van der Waals surface area (Å²) in [5, 5.41) is 13.2. The van der Waals surface area contributed by atoms with Gasteiger partial charge < -0.3 is 10.1 Å². The summed E-state index contributed by atoms with van der Waals surface area (Å²) in [6.07, 6.45) is 5.55. The fourth-order valence-electron chi connectivity index (χ4n) is 4.18. The van der Waals surface area contributed by atoms with Crippen LogP contribution in [0.5, 0.6) is 0 Å². The van der Waals surface area contributed by atoms with Gasteiger partial charge in [0.15, 0.2) is 0 Å². The number of hydrogen-bond acceptors (Lipinski definition) is 7. The quantitative estimate of drug-likeness (QED) is 0.651. The van der Waals surface area contributed by atoms with Crippen molar-refractivity contribution in [2.24, 2.45) is 0 Å². The summed E-state index contributed by atoms with van der Waals surface area (Å²) < 4.78 is 32.9. The first-order valence-corrected chi connectivity index (χ1v) is 13.5. The number of thiazole rings is 1. The topological polar surface area (TPSA) is 112 Å². The molecule has 10 heteroatoms. The number of sulfonamides is 1. The number of aromatic nitrogens is 1. The number of ether oxygens (including phenoxy) is 1. The zero-order valence-corrected chi connectivity index (χ0v) is 20.4. The standard InChI is InChI=1S/C23H28N4O4S2/c1-15(2)31-23(28)26-18-7-5-17(6-8-18)22-25-14-20(32-22)19-9-4-16(13-24)12-21(19)33(29,30)27-10-3-11-27/h4,9,12,14-15,17-18H,3,5-8,10-11H2,1-2H3,(H,26,28). The van der Waals surface area contributed by atoms with Crippen LogP contribution in [0.1, 0.15) is 62.4 Å². The maximum absolute atomic E-state index is 13.1. The van der Waals surface area contributed by atoms with Crippen molar-refractivity contribution in [2.45, 2.75) is 68.9 Å². The summed E-state index contributed by atoms with van der Waals surface area (Å²) in [4.78, 5) is 17.4. The summed E-state index contributed by atoms with van der Waals surface area (Å²) in [7, 11) is -3.65. The minimum atomic E-state index is -3.65. The molecule has 2 fully saturated rings. The molecule has 1 aliphatic heterocycles. The molecule has 0 atom stereocenters. The van der Waals surface area contributed by atoms with Crippen LogP contribution in [0, 0.1) is 11.3 Å². The highest BCUT2D eigenvalue weighted by Gasteiger charge is 2.33. The molecule has 0 bridgehead atoms. The van der Waals surface area contributed by atoms with Gasteiger partial charge in [0, 0.05) is 36.8 Å². The molecule has 8 nitrogen and oxygen atoms in total. The third-order valence-corrected chi connectivity index (χ3v) is 9.21. The van der Waals surface area contributed by atoms with Crippen molar-refractivity contribution in [2.75, 3.05) is 13.1 Å². The Bertz CT molecular complexity index is 1160. The Kier molecular flexibility index (Phi) is 7.02. The Morgan fingerprint density at radius 3 is 2.61 bits per heavy atom. The highest BCUT2D eigenvalue weighted by Crippen LogP contribution is 2.40. The first-order chi connectivity index (χ1) is 15.8. The Morgan fingerprint density at radius 2 is 2.00 bits per heavy atom. The Hall–Kier alpha value is -2.48. The van der Waals surface area contributed by atoms with Crippen molar-refractivity contribution in [1.29, 1.82) is 5.26 Å². The molecule has 4 rings (SSSR count). The molecule has 1 saturated carbocycles. The lowest BCUT2D eigenvalue weighted by Gasteiger charge is -2.30. The van der Waals surface area contributed by atoms with E-state index in [1.54, 1.807) is 18.3 Å². The number of nitriles is 1. The summed E-state index contributed by atoms with van der Waals surface area (Å²) in [5.74, 6) is 0.275. The van der Waals surface area contributed by atoms with Gasteiger partial charge in [0.1, 0.15) is 0 Å². The van der Waals surface area contributed by atoms with Crippen molar-refractivity contribution < 1.29 is 17.9 Å². The van der Waals surface area contributed by atoms with Crippen LogP contribution in [0.25, 0.3) is 10.4 Å². The van der Waals surface area contributed by atoms with Crippen molar-refractivity contribution in [3.63, 3.8) is 0 Å². The second-order valence-electron chi connectivity index (χ2n) is 8.79. The van der Waals surface area contributed by atoms with Gasteiger partial charge in [0.05, 0.1) is 32.5 Å². The van der Waals surface area contributed by atoms with Crippen LogP contribution in [-0.4, -0.2) is 49.0 Å². The van der Waals surface area contributed by atoms with E-state index in [0.717, 1.165) is 42.0 Å². The molecule has 1 aromatic carbocycles. The van der Waals surface area contributed by atoms with Crippen molar-refractivity contribution >= 4 is 27.5 Å². The number of carbonyl (C=O) groups is 1. The summed E-state index contributed by atoms with van der Waals surface area (Å²) >= 11 is 1.51. The van der Waals surface area contributed by atoms with Crippen molar-refractivity contribution in [3.05, 3.63) is 35.0 Å². The van der Waals surface area contributed by atoms with E-state index in [2.05, 4.69) is 10.3 Å². The van der Waals surface area contributed by atoms with Crippen LogP contribution in [0.3, 0.4) is 0 Å². The van der Waals surface area contributed by atoms with Gasteiger partial charge in [0.2, 0.25) is 10.0 Å². The van der Waals surface area contributed by atoms with E-state index in [1.807, 2.05) is 19.9 Å². The molecule has 33 heavy (non-hydrogen) atoms. The highest BCUT2D eigenvalue weighted by atomic mass is 32.2. The number of benzene rings is 1. The first kappa shape index (κ1) is 23.7. The number of hydrogen-bond donors (Lipinski definition) is 1. The van der Waals surface area contributed by atoms with E-state index < -0.39 is 10.0 Å². The largest absolute Gasteiger partial charge is 0.447 e. The fraction of sp³-hybridized carbons (Fsp3) is 0.522. The van der Waals surface area contributed by atoms with Gasteiger partial charge in [0.25, 0.3) is 0 Å². The number of alkyl carbamates (subject to hydrolysis) is 1. The van der Waals surface area contributed by atoms with E-state index in [0.29, 0.717) is 24.2 Å². The van der Waals surface area contributed by atoms with E-state index in [1.165, 1.54) is 21.7 Å². The molecule has 0 radical (unpaired) electrons. The van der Waals surface area contributed by atoms with Gasteiger partial charge in [-0.25, -0.2) is 18.2 Å². The zero-order chi connectivity index (χ0) is 23.6. The molecule has 176 valence electrons. The second kappa shape index (κ2) is 9.79. The van der Waals surface area contributed by atoms with Crippen LogP contribution in [0.4, 0.5) is 4.79 Å². The first-order valence-electron chi connectivity index (χ1n) is 11.3. The fourth-order valence-corrected chi connectivity index (χ4v) is 7.12. The number of nitrogens with one attached hydrogen (secondary N) is 1. The lowest BCUT2D eigenvalue weighted by atomic mass is 9.86. The van der Waals surface area contributed by atoms with Gasteiger partial charge in [-0.05, 0) is 58.1 Å². The molecule has 1 aliphatic carbocycles. The molecule has 1 amide bonds. The highest BCUT2D eigenvalue weighted by molar-refractivity contribution is 7.89. The number of amides is 1. The van der Waals surface area contributed by atoms with Crippen LogP contribution >= 0.6 is 11.3 Å². The summed E-state index contributed by atoms with van der Waals surface area (Å²) in [5.41, 5.74) is 0.917. The molecule has 1 saturated heterocycles. The SMILES string of the molecule is CC(C)OC(=O)NC1CCC(c2ncc(-c3ccc(C#N)cc3S(=O)(=O)N3CCC3)s2)CC1. The number of rotatable bonds is 6. The van der Waals surface area contributed by atoms with Crippen LogP contribution in [-0.2, 0) is 14.8 Å². The Labute approximate surface area is 198 Å². The predicted molar refractivity (Wildman–Crippen MR) is 125 cm³/mol. The van der Waals surface area contributed by atoms with E-state index in [-0.39, 0.29) is 29.1 Å². The molecule has 2 aliphatic rings. The van der Waals surface area contributed by atoms with E-state index in [9.17, 15) is 18.5 Å². The maximum atomic E-state index is 13.1. The van der Waals surface area contributed by atoms with E-state index in [4.69, 9.17) is 4.74 Å². The average molecular weight is 489 g/mol. The van der Waals surface area contributed by atoms with Crippen LogP contribution < -0.4 is 5.32 Å². The minimum Gasteiger partial charge on any atom is -0.447 e. The van der Waals surface area contributed by atoms with Gasteiger partial charge in [-0.1, -0.05) is 6.07 Å². The average Bonchev–Trinajstić information content (AvgIpc) is 3.21. The number of carbonyl (C=O) groups excluding carboxylic acids is 1. The zero-order valence-electron chi connectivity index (χ0n) is 18.8. The van der Waals surface area contributed by atoms with Gasteiger partial charge >= 0.3 is 6.09 Å². The number of nitrogens with zero attached hydrogens (tertiary/aromatic N) is 3. The van der Waals surface area contributed by atoms with Crippen LogP contribution in [0.2, 0.25) is 0 Å². The summed E-state index contributed by atoms with van der Waals surface area (Å²) in [6, 6.07) is 6.97. The predicted octanol–water partition coefficient (Wildman–Crippen LogP) is 4.24.